The fraction of sp³-hybridized carbons (Fsp3) is 0.323. The number of nitrogens with zero attached hydrogens (tertiary/aromatic N) is 1. The number of rotatable bonds is 5. The quantitative estimate of drug-likeness (QED) is 0.258. The number of halogens is 3. The Morgan fingerprint density at radius 1 is 0.897 bits per heavy atom. The molecular weight excluding hydrogens is 599 g/mol. The predicted molar refractivity (Wildman–Crippen MR) is 156 cm³/mol. The Labute approximate surface area is 246 Å². The molecule has 3 aromatic rings. The summed E-state index contributed by atoms with van der Waals surface area (Å²) in [6.45, 7) is 5.67. The van der Waals surface area contributed by atoms with Crippen LogP contribution in [0, 0.1) is 17.8 Å². The Morgan fingerprint density at radius 2 is 1.36 bits per heavy atom. The maximum absolute atomic E-state index is 14.4. The molecule has 200 valence electrons. The van der Waals surface area contributed by atoms with Gasteiger partial charge in [0.2, 0.25) is 17.7 Å². The lowest BCUT2D eigenvalue weighted by Gasteiger charge is -2.54. The summed E-state index contributed by atoms with van der Waals surface area (Å²) >= 11 is 18.5. The van der Waals surface area contributed by atoms with Crippen LogP contribution >= 0.6 is 39.1 Å². The topological polar surface area (TPSA) is 66.5 Å². The summed E-state index contributed by atoms with van der Waals surface area (Å²) in [5.41, 5.74) is 4.53. The third kappa shape index (κ3) is 3.47. The monoisotopic (exact) mass is 624 g/mol. The Bertz CT molecular complexity index is 1430. The number of hydrogen-bond donors (Lipinski definition) is 1. The van der Waals surface area contributed by atoms with Crippen molar-refractivity contribution in [2.75, 3.05) is 5.32 Å². The van der Waals surface area contributed by atoms with Gasteiger partial charge in [0.15, 0.2) is 0 Å². The summed E-state index contributed by atoms with van der Waals surface area (Å²) in [4.78, 5) is 41.1. The van der Waals surface area contributed by atoms with Crippen LogP contribution in [0.1, 0.15) is 48.6 Å². The van der Waals surface area contributed by atoms with E-state index in [0.29, 0.717) is 12.1 Å². The number of anilines is 1. The van der Waals surface area contributed by atoms with Gasteiger partial charge < -0.3 is 5.32 Å². The van der Waals surface area contributed by atoms with Crippen molar-refractivity contribution in [1.82, 2.24) is 4.90 Å². The van der Waals surface area contributed by atoms with Gasteiger partial charge >= 0.3 is 0 Å². The molecule has 0 spiro atoms. The number of alkyl halides is 2. The highest BCUT2D eigenvalue weighted by Gasteiger charge is 2.73. The predicted octanol–water partition coefficient (Wildman–Crippen LogP) is 6.57. The zero-order valence-corrected chi connectivity index (χ0v) is 24.8. The molecule has 7 rings (SSSR count). The van der Waals surface area contributed by atoms with E-state index in [1.807, 2.05) is 87.5 Å². The average molecular weight is 626 g/mol. The van der Waals surface area contributed by atoms with Gasteiger partial charge in [-0.3, -0.25) is 19.3 Å². The number of carbonyl (C=O) groups is 3. The molecule has 2 bridgehead atoms. The lowest BCUT2D eigenvalue weighted by molar-refractivity contribution is -0.148. The number of carbonyl (C=O) groups excluding carboxylic acids is 3. The van der Waals surface area contributed by atoms with E-state index in [1.54, 1.807) is 0 Å². The first-order valence-electron chi connectivity index (χ1n) is 13.1. The molecule has 3 aromatic carbocycles. The summed E-state index contributed by atoms with van der Waals surface area (Å²) < 4.78 is 0.904. The number of aryl methyl sites for hydroxylation is 1. The van der Waals surface area contributed by atoms with Crippen LogP contribution in [0.2, 0.25) is 0 Å². The molecule has 1 fully saturated rings. The van der Waals surface area contributed by atoms with Crippen molar-refractivity contribution in [2.24, 2.45) is 17.8 Å². The van der Waals surface area contributed by atoms with Gasteiger partial charge in [-0.1, -0.05) is 85.2 Å². The molecule has 0 aromatic heterocycles. The zero-order valence-electron chi connectivity index (χ0n) is 21.7. The van der Waals surface area contributed by atoms with Crippen molar-refractivity contribution >= 4 is 62.5 Å². The Hall–Kier alpha value is -2.67. The number of imide groups is 1. The number of likely N-dealkylation sites (tertiary alicyclic amines) is 1. The molecule has 4 aliphatic rings. The van der Waals surface area contributed by atoms with Crippen LogP contribution in [0.4, 0.5) is 5.69 Å². The lowest BCUT2D eigenvalue weighted by Crippen LogP contribution is -2.57. The minimum Gasteiger partial charge on any atom is -0.324 e. The average Bonchev–Trinajstić information content (AvgIpc) is 3.19. The molecule has 5 nitrogen and oxygen atoms in total. The number of nitrogens with one attached hydrogen (secondary N) is 1. The van der Waals surface area contributed by atoms with Crippen molar-refractivity contribution < 1.29 is 14.4 Å². The van der Waals surface area contributed by atoms with Gasteiger partial charge in [0.1, 0.15) is 15.8 Å². The number of hydrogen-bond acceptors (Lipinski definition) is 3. The maximum Gasteiger partial charge on any atom is 0.247 e. The smallest absolute Gasteiger partial charge is 0.247 e. The molecule has 0 saturated carbocycles. The summed E-state index contributed by atoms with van der Waals surface area (Å²) in [6.07, 6.45) is 0.702. The van der Waals surface area contributed by atoms with Crippen LogP contribution in [0.5, 0.6) is 0 Å². The summed E-state index contributed by atoms with van der Waals surface area (Å²) in [7, 11) is 0. The van der Waals surface area contributed by atoms with Crippen LogP contribution in [-0.2, 0) is 30.6 Å². The van der Waals surface area contributed by atoms with E-state index in [9.17, 15) is 14.4 Å². The van der Waals surface area contributed by atoms with Gasteiger partial charge in [0.05, 0.1) is 11.8 Å². The second kappa shape index (κ2) is 9.18. The molecule has 3 aliphatic carbocycles. The number of benzene rings is 3. The van der Waals surface area contributed by atoms with Crippen molar-refractivity contribution in [2.45, 2.75) is 43.0 Å². The first kappa shape index (κ1) is 26.5. The van der Waals surface area contributed by atoms with Crippen LogP contribution < -0.4 is 5.32 Å². The van der Waals surface area contributed by atoms with Gasteiger partial charge in [-0.05, 0) is 58.4 Å². The van der Waals surface area contributed by atoms with Crippen molar-refractivity contribution in [3.63, 3.8) is 0 Å². The Kier molecular flexibility index (Phi) is 6.25. The van der Waals surface area contributed by atoms with Gasteiger partial charge in [-0.2, -0.15) is 0 Å². The molecule has 0 unspecified atom stereocenters. The molecule has 1 heterocycles. The highest BCUT2D eigenvalue weighted by Crippen LogP contribution is 2.69. The van der Waals surface area contributed by atoms with Crippen LogP contribution in [0.3, 0.4) is 0 Å². The Morgan fingerprint density at radius 3 is 1.77 bits per heavy atom. The SMILES string of the molecule is CCc1cc(Br)ccc1NC(=O)[C@H](C(C)C)N1C(=O)[C@@H]2[C@@H](C1=O)C1(Cl)c3ccccc3C2(Cl)c2ccccc21. The minimum atomic E-state index is -1.28. The summed E-state index contributed by atoms with van der Waals surface area (Å²) in [5, 5.41) is 2.99. The van der Waals surface area contributed by atoms with Crippen molar-refractivity contribution in [1.29, 1.82) is 0 Å². The van der Waals surface area contributed by atoms with E-state index in [0.717, 1.165) is 37.2 Å². The van der Waals surface area contributed by atoms with Crippen LogP contribution in [0.15, 0.2) is 71.2 Å². The third-order valence-corrected chi connectivity index (χ3v) is 10.3. The van der Waals surface area contributed by atoms with Gasteiger partial charge in [-0.25, -0.2) is 0 Å². The molecule has 3 atom stereocenters. The molecule has 1 aliphatic heterocycles. The zero-order chi connectivity index (χ0) is 27.9. The molecule has 0 radical (unpaired) electrons. The van der Waals surface area contributed by atoms with Crippen molar-refractivity contribution in [3.05, 3.63) is 99.0 Å². The summed E-state index contributed by atoms with van der Waals surface area (Å²) in [5.74, 6) is -3.58. The van der Waals surface area contributed by atoms with Gasteiger partial charge in [0.25, 0.3) is 0 Å². The largest absolute Gasteiger partial charge is 0.324 e. The third-order valence-electron chi connectivity index (χ3n) is 8.50. The highest BCUT2D eigenvalue weighted by atomic mass is 79.9. The second-order valence-electron chi connectivity index (χ2n) is 10.8. The van der Waals surface area contributed by atoms with Gasteiger partial charge in [0, 0.05) is 10.2 Å². The second-order valence-corrected chi connectivity index (χ2v) is 13.0. The summed E-state index contributed by atoms with van der Waals surface area (Å²) in [6, 6.07) is 19.6. The Balaban J connectivity index is 1.47. The molecule has 39 heavy (non-hydrogen) atoms. The van der Waals surface area contributed by atoms with E-state index in [4.69, 9.17) is 23.2 Å². The van der Waals surface area contributed by atoms with Crippen LogP contribution in [-0.4, -0.2) is 28.7 Å². The normalized spacial score (nSPS) is 27.3. The fourth-order valence-electron chi connectivity index (χ4n) is 6.86. The maximum atomic E-state index is 14.4. The molecule has 1 N–H and O–H groups in total. The van der Waals surface area contributed by atoms with Gasteiger partial charge in [-0.15, -0.1) is 23.2 Å². The highest BCUT2D eigenvalue weighted by molar-refractivity contribution is 9.10. The molecular formula is C31H27BrCl2N2O3. The molecule has 1 saturated heterocycles. The first-order valence-corrected chi connectivity index (χ1v) is 14.7. The van der Waals surface area contributed by atoms with Crippen LogP contribution in [0.25, 0.3) is 0 Å². The van der Waals surface area contributed by atoms with E-state index < -0.39 is 45.3 Å². The standard InChI is InChI=1S/C31H27BrCl2N2O3/c1-4-17-15-18(32)13-14-23(17)35-27(37)26(16(2)3)36-28(38)24-25(29(36)39)31(34)20-10-6-5-9-19(20)30(24,33)21-11-7-8-12-22(21)31/h5-16,24-26H,4H2,1-3H3,(H,35,37)/t24-,25-,26-,30?,31?/m0/s1. The van der Waals surface area contributed by atoms with E-state index in [-0.39, 0.29) is 5.92 Å². The van der Waals surface area contributed by atoms with E-state index in [1.165, 1.54) is 0 Å². The van der Waals surface area contributed by atoms with E-state index >= 15 is 0 Å². The molecule has 8 heteroatoms. The first-order chi connectivity index (χ1) is 18.6. The molecule has 3 amide bonds. The minimum absolute atomic E-state index is 0.349. The van der Waals surface area contributed by atoms with E-state index in [2.05, 4.69) is 21.2 Å². The number of amides is 3. The lowest BCUT2D eigenvalue weighted by atomic mass is 9.54. The fourth-order valence-corrected chi connectivity index (χ4v) is 8.37. The van der Waals surface area contributed by atoms with Crippen molar-refractivity contribution in [3.8, 4) is 0 Å².